The largest absolute Gasteiger partial charge is 0.329 e. The molecule has 1 aliphatic rings. The lowest BCUT2D eigenvalue weighted by molar-refractivity contribution is 0.138. The quantitative estimate of drug-likeness (QED) is 0.916. The fourth-order valence-corrected chi connectivity index (χ4v) is 4.73. The Balaban J connectivity index is 2.26. The van der Waals surface area contributed by atoms with Crippen molar-refractivity contribution < 1.29 is 0 Å². The SMILES string of the molecule is CCC1CCC(C)N1C(CN)c1sccc1Br. The molecule has 2 N–H and O–H groups in total. The molecule has 1 aromatic rings. The smallest absolute Gasteiger partial charge is 0.0580 e. The van der Waals surface area contributed by atoms with Crippen LogP contribution in [0.5, 0.6) is 0 Å². The van der Waals surface area contributed by atoms with Crippen LogP contribution in [0, 0.1) is 0 Å². The Morgan fingerprint density at radius 3 is 2.88 bits per heavy atom. The summed E-state index contributed by atoms with van der Waals surface area (Å²) < 4.78 is 1.21. The van der Waals surface area contributed by atoms with Crippen molar-refractivity contribution in [2.75, 3.05) is 6.54 Å². The van der Waals surface area contributed by atoms with Gasteiger partial charge in [-0.1, -0.05) is 6.92 Å². The number of thiophene rings is 1. The molecule has 0 amide bonds. The molecule has 0 aliphatic carbocycles. The standard InChI is InChI=1S/C13H21BrN2S/c1-3-10-5-4-9(2)16(10)12(8-15)13-11(14)6-7-17-13/h6-7,9-10,12H,3-5,8,15H2,1-2H3. The van der Waals surface area contributed by atoms with E-state index in [1.54, 1.807) is 0 Å². The van der Waals surface area contributed by atoms with Crippen LogP contribution < -0.4 is 5.73 Å². The molecule has 2 heterocycles. The molecule has 4 heteroatoms. The van der Waals surface area contributed by atoms with E-state index in [-0.39, 0.29) is 0 Å². The second-order valence-electron chi connectivity index (χ2n) is 4.82. The van der Waals surface area contributed by atoms with Crippen molar-refractivity contribution in [3.63, 3.8) is 0 Å². The van der Waals surface area contributed by atoms with E-state index in [2.05, 4.69) is 46.1 Å². The molecule has 0 bridgehead atoms. The highest BCUT2D eigenvalue weighted by Gasteiger charge is 2.35. The van der Waals surface area contributed by atoms with Gasteiger partial charge in [0.05, 0.1) is 6.04 Å². The summed E-state index contributed by atoms with van der Waals surface area (Å²) in [4.78, 5) is 4.02. The van der Waals surface area contributed by atoms with Crippen molar-refractivity contribution in [3.8, 4) is 0 Å². The van der Waals surface area contributed by atoms with Gasteiger partial charge in [0.25, 0.3) is 0 Å². The number of nitrogens with two attached hydrogens (primary N) is 1. The summed E-state index contributed by atoms with van der Waals surface area (Å²) in [6.07, 6.45) is 3.85. The lowest BCUT2D eigenvalue weighted by atomic mass is 10.1. The van der Waals surface area contributed by atoms with Gasteiger partial charge in [0.15, 0.2) is 0 Å². The van der Waals surface area contributed by atoms with Crippen LogP contribution in [-0.4, -0.2) is 23.5 Å². The van der Waals surface area contributed by atoms with Gasteiger partial charge in [0.1, 0.15) is 0 Å². The molecule has 1 aromatic heterocycles. The van der Waals surface area contributed by atoms with E-state index in [0.717, 1.165) is 0 Å². The number of nitrogens with zero attached hydrogens (tertiary/aromatic N) is 1. The van der Waals surface area contributed by atoms with Crippen molar-refractivity contribution in [3.05, 3.63) is 20.8 Å². The third kappa shape index (κ3) is 2.60. The molecule has 0 aromatic carbocycles. The van der Waals surface area contributed by atoms with Crippen molar-refractivity contribution >= 4 is 27.3 Å². The van der Waals surface area contributed by atoms with Gasteiger partial charge in [-0.3, -0.25) is 4.90 Å². The van der Waals surface area contributed by atoms with Crippen LogP contribution in [-0.2, 0) is 0 Å². The average Bonchev–Trinajstić information content (AvgIpc) is 2.89. The van der Waals surface area contributed by atoms with Gasteiger partial charge in [-0.05, 0) is 53.6 Å². The molecule has 1 saturated heterocycles. The van der Waals surface area contributed by atoms with Crippen molar-refractivity contribution in [2.45, 2.75) is 51.2 Å². The summed E-state index contributed by atoms with van der Waals surface area (Å²) in [6.45, 7) is 5.33. The predicted molar refractivity (Wildman–Crippen MR) is 78.4 cm³/mol. The molecule has 1 fully saturated rings. The van der Waals surface area contributed by atoms with Gasteiger partial charge in [-0.25, -0.2) is 0 Å². The molecule has 0 spiro atoms. The average molecular weight is 317 g/mol. The Labute approximate surface area is 116 Å². The third-order valence-electron chi connectivity index (χ3n) is 3.85. The maximum absolute atomic E-state index is 6.04. The van der Waals surface area contributed by atoms with E-state index in [4.69, 9.17) is 5.73 Å². The van der Waals surface area contributed by atoms with Gasteiger partial charge < -0.3 is 5.73 Å². The Morgan fingerprint density at radius 1 is 1.59 bits per heavy atom. The summed E-state index contributed by atoms with van der Waals surface area (Å²) in [5, 5.41) is 2.14. The van der Waals surface area contributed by atoms with E-state index in [1.165, 1.54) is 28.6 Å². The van der Waals surface area contributed by atoms with Gasteiger partial charge in [0, 0.05) is 28.0 Å². The topological polar surface area (TPSA) is 29.3 Å². The zero-order valence-electron chi connectivity index (χ0n) is 10.5. The highest BCUT2D eigenvalue weighted by Crippen LogP contribution is 2.39. The van der Waals surface area contributed by atoms with Crippen LogP contribution >= 0.6 is 27.3 Å². The lowest BCUT2D eigenvalue weighted by Gasteiger charge is -2.35. The van der Waals surface area contributed by atoms with Gasteiger partial charge in [0.2, 0.25) is 0 Å². The zero-order chi connectivity index (χ0) is 12.4. The number of rotatable bonds is 4. The first-order chi connectivity index (χ1) is 8.19. The number of likely N-dealkylation sites (tertiary alicyclic amines) is 1. The number of hydrogen-bond donors (Lipinski definition) is 1. The molecular weight excluding hydrogens is 296 g/mol. The Bertz CT molecular complexity index is 366. The fourth-order valence-electron chi connectivity index (χ4n) is 2.98. The van der Waals surface area contributed by atoms with Crippen molar-refractivity contribution in [1.29, 1.82) is 0 Å². The highest BCUT2D eigenvalue weighted by molar-refractivity contribution is 9.10. The van der Waals surface area contributed by atoms with Crippen LogP contribution in [0.15, 0.2) is 15.9 Å². The van der Waals surface area contributed by atoms with E-state index in [9.17, 15) is 0 Å². The Morgan fingerprint density at radius 2 is 2.35 bits per heavy atom. The summed E-state index contributed by atoms with van der Waals surface area (Å²) in [6, 6.07) is 3.87. The van der Waals surface area contributed by atoms with E-state index < -0.39 is 0 Å². The van der Waals surface area contributed by atoms with Gasteiger partial charge >= 0.3 is 0 Å². The lowest BCUT2D eigenvalue weighted by Crippen LogP contribution is -2.40. The number of halogens is 1. The Kier molecular flexibility index (Phi) is 4.64. The molecule has 3 unspecified atom stereocenters. The summed E-state index contributed by atoms with van der Waals surface area (Å²) >= 11 is 5.46. The second kappa shape index (κ2) is 5.83. The normalized spacial score (nSPS) is 27.5. The van der Waals surface area contributed by atoms with Crippen LogP contribution in [0.4, 0.5) is 0 Å². The first-order valence-electron chi connectivity index (χ1n) is 6.39. The van der Waals surface area contributed by atoms with Gasteiger partial charge in [-0.2, -0.15) is 0 Å². The summed E-state index contributed by atoms with van der Waals surface area (Å²) in [5.74, 6) is 0. The molecule has 0 saturated carbocycles. The summed E-state index contributed by atoms with van der Waals surface area (Å²) in [5.41, 5.74) is 6.04. The fraction of sp³-hybridized carbons (Fsp3) is 0.692. The minimum absolute atomic E-state index is 0.381. The van der Waals surface area contributed by atoms with Crippen molar-refractivity contribution in [2.24, 2.45) is 5.73 Å². The maximum Gasteiger partial charge on any atom is 0.0580 e. The molecule has 17 heavy (non-hydrogen) atoms. The van der Waals surface area contributed by atoms with Crippen LogP contribution in [0.2, 0.25) is 0 Å². The van der Waals surface area contributed by atoms with E-state index in [0.29, 0.717) is 24.7 Å². The Hall–Kier alpha value is 0.100. The molecule has 3 atom stereocenters. The van der Waals surface area contributed by atoms with E-state index in [1.807, 2.05) is 11.3 Å². The number of hydrogen-bond acceptors (Lipinski definition) is 3. The predicted octanol–water partition coefficient (Wildman–Crippen LogP) is 3.77. The van der Waals surface area contributed by atoms with E-state index >= 15 is 0 Å². The molecular formula is C13H21BrN2S. The molecule has 2 nitrogen and oxygen atoms in total. The second-order valence-corrected chi connectivity index (χ2v) is 6.62. The van der Waals surface area contributed by atoms with Crippen LogP contribution in [0.3, 0.4) is 0 Å². The van der Waals surface area contributed by atoms with Crippen molar-refractivity contribution in [1.82, 2.24) is 4.90 Å². The highest BCUT2D eigenvalue weighted by atomic mass is 79.9. The minimum Gasteiger partial charge on any atom is -0.329 e. The first kappa shape index (κ1) is 13.5. The van der Waals surface area contributed by atoms with Crippen LogP contribution in [0.1, 0.15) is 44.0 Å². The third-order valence-corrected chi connectivity index (χ3v) is 5.82. The molecule has 96 valence electrons. The molecule has 1 aliphatic heterocycles. The first-order valence-corrected chi connectivity index (χ1v) is 8.06. The molecule has 2 rings (SSSR count). The zero-order valence-corrected chi connectivity index (χ0v) is 12.9. The monoisotopic (exact) mass is 316 g/mol. The summed E-state index contributed by atoms with van der Waals surface area (Å²) in [7, 11) is 0. The maximum atomic E-state index is 6.04. The molecule has 0 radical (unpaired) electrons. The van der Waals surface area contributed by atoms with Crippen LogP contribution in [0.25, 0.3) is 0 Å². The minimum atomic E-state index is 0.381. The van der Waals surface area contributed by atoms with Gasteiger partial charge in [-0.15, -0.1) is 11.3 Å².